The van der Waals surface area contributed by atoms with Crippen LogP contribution in [0.1, 0.15) is 39.2 Å². The number of hydrogen-bond donors (Lipinski definition) is 3. The third-order valence-electron chi connectivity index (χ3n) is 7.55. The van der Waals surface area contributed by atoms with E-state index in [-0.39, 0.29) is 30.8 Å². The number of nitrogens with one attached hydrogen (secondary N) is 3. The van der Waals surface area contributed by atoms with Crippen molar-refractivity contribution in [1.82, 2.24) is 16.0 Å². The van der Waals surface area contributed by atoms with Gasteiger partial charge in [-0.15, -0.1) is 11.8 Å². The quantitative estimate of drug-likeness (QED) is 0.0904. The minimum Gasteiger partial charge on any atom is -0.382 e. The maximum atomic E-state index is 13.6. The van der Waals surface area contributed by atoms with Crippen LogP contribution in [0.25, 0.3) is 0 Å². The molecule has 5 atom stereocenters. The van der Waals surface area contributed by atoms with Gasteiger partial charge in [-0.05, 0) is 37.7 Å². The highest BCUT2D eigenvalue weighted by Gasteiger charge is 2.50. The summed E-state index contributed by atoms with van der Waals surface area (Å²) >= 11 is 1.44. The number of thioether (sulfide) groups is 1. The van der Waals surface area contributed by atoms with Crippen molar-refractivity contribution in [3.05, 3.63) is 35.9 Å². The van der Waals surface area contributed by atoms with Crippen molar-refractivity contribution in [2.45, 2.75) is 69.0 Å². The monoisotopic (exact) mass is 697 g/mol. The maximum absolute atomic E-state index is 13.6. The molecule has 3 amide bonds. The smallest absolute Gasteiger partial charge is 0.245 e. The van der Waals surface area contributed by atoms with Gasteiger partial charge in [0.2, 0.25) is 17.7 Å². The average Bonchev–Trinajstić information content (AvgIpc) is 3.82. The molecule has 0 aromatic heterocycles. The van der Waals surface area contributed by atoms with Crippen molar-refractivity contribution < 1.29 is 47.6 Å². The third-order valence-corrected chi connectivity index (χ3v) is 8.81. The van der Waals surface area contributed by atoms with Crippen molar-refractivity contribution in [2.24, 2.45) is 5.92 Å². The van der Waals surface area contributed by atoms with Crippen LogP contribution < -0.4 is 16.0 Å². The molecule has 1 fully saturated rings. The van der Waals surface area contributed by atoms with Crippen LogP contribution in [0.5, 0.6) is 0 Å². The molecule has 3 N–H and O–H groups in total. The van der Waals surface area contributed by atoms with Crippen LogP contribution in [0, 0.1) is 5.92 Å². The maximum Gasteiger partial charge on any atom is 0.245 e. The van der Waals surface area contributed by atoms with E-state index in [0.717, 1.165) is 5.56 Å². The second-order valence-electron chi connectivity index (χ2n) is 12.2. The Kier molecular flexibility index (Phi) is 19.9. The van der Waals surface area contributed by atoms with E-state index in [1.807, 2.05) is 44.2 Å². The molecule has 2 rings (SSSR count). The first-order valence-electron chi connectivity index (χ1n) is 16.4. The number of methoxy groups -OCH3 is 3. The number of epoxide rings is 1. The molecule has 0 aliphatic carbocycles. The molecule has 0 radical (unpaired) electrons. The molecule has 1 aromatic carbocycles. The lowest BCUT2D eigenvalue weighted by molar-refractivity contribution is -0.135. The lowest BCUT2D eigenvalue weighted by atomic mass is 9.93. The van der Waals surface area contributed by atoms with Gasteiger partial charge in [0.15, 0.2) is 5.78 Å². The number of carbonyl (C=O) groups excluding carboxylic acids is 4. The van der Waals surface area contributed by atoms with Gasteiger partial charge in [-0.3, -0.25) is 19.2 Å². The Morgan fingerprint density at radius 3 is 1.88 bits per heavy atom. The van der Waals surface area contributed by atoms with Gasteiger partial charge in [-0.25, -0.2) is 0 Å². The summed E-state index contributed by atoms with van der Waals surface area (Å²) in [6.07, 6.45) is 1.61. The van der Waals surface area contributed by atoms with Crippen molar-refractivity contribution in [2.75, 3.05) is 79.9 Å². The van der Waals surface area contributed by atoms with E-state index in [1.54, 1.807) is 14.0 Å². The summed E-state index contributed by atoms with van der Waals surface area (Å²) in [6, 6.07) is 6.87. The summed E-state index contributed by atoms with van der Waals surface area (Å²) in [7, 11) is 4.44. The molecule has 1 aliphatic heterocycles. The highest BCUT2D eigenvalue weighted by atomic mass is 32.2. The first-order chi connectivity index (χ1) is 23.0. The standard InChI is InChI=1S/C34H55N3O10S/c1-24(2)20-26(30(38)34(3)23-47-34)35-31(39)27(21-43-5)36-32(40)28(22-44-6)37-33(41)29(13-12-25-10-8-7-9-11-25)48-19-18-46-17-16-45-15-14-42-4/h7-11,24,26-29H,12-23H2,1-6H3,(H,35,39)(H,36,40)(H,37,41)/t26-,27-,28-,29-,34+/m0/s1. The highest BCUT2D eigenvalue weighted by molar-refractivity contribution is 8.00. The molecule has 1 heterocycles. The molecule has 0 bridgehead atoms. The fourth-order valence-corrected chi connectivity index (χ4v) is 5.78. The van der Waals surface area contributed by atoms with Crippen LogP contribution in [-0.4, -0.2) is 132 Å². The number of amides is 3. The van der Waals surface area contributed by atoms with Crippen LogP contribution in [0.2, 0.25) is 0 Å². The van der Waals surface area contributed by atoms with Crippen LogP contribution in [0.15, 0.2) is 30.3 Å². The zero-order chi connectivity index (χ0) is 35.4. The second kappa shape index (κ2) is 22.9. The number of rotatable bonds is 27. The van der Waals surface area contributed by atoms with E-state index >= 15 is 0 Å². The van der Waals surface area contributed by atoms with Crippen LogP contribution in [0.3, 0.4) is 0 Å². The molecule has 272 valence electrons. The fraction of sp³-hybridized carbons (Fsp3) is 0.706. The SMILES string of the molecule is COCCOCCOCCS[C@@H](CCc1ccccc1)C(=O)N[C@@H](COC)C(=O)N[C@@H](COC)C(=O)N[C@@H](CC(C)C)C(=O)[C@@]1(C)CO1. The van der Waals surface area contributed by atoms with E-state index < -0.39 is 40.8 Å². The third kappa shape index (κ3) is 15.7. The average molecular weight is 698 g/mol. The molecule has 0 unspecified atom stereocenters. The molecule has 1 aromatic rings. The van der Waals surface area contributed by atoms with Gasteiger partial charge >= 0.3 is 0 Å². The van der Waals surface area contributed by atoms with Crippen molar-refractivity contribution in [3.8, 4) is 0 Å². The molecule has 1 saturated heterocycles. The Morgan fingerprint density at radius 1 is 0.792 bits per heavy atom. The van der Waals surface area contributed by atoms with E-state index in [0.29, 0.717) is 64.7 Å². The zero-order valence-corrected chi connectivity index (χ0v) is 30.1. The topological polar surface area (TPSA) is 163 Å². The Labute approximate surface area is 289 Å². The largest absolute Gasteiger partial charge is 0.382 e. The van der Waals surface area contributed by atoms with Crippen molar-refractivity contribution in [1.29, 1.82) is 0 Å². The van der Waals surface area contributed by atoms with Gasteiger partial charge in [-0.1, -0.05) is 44.2 Å². The number of ketones is 1. The number of hydrogen-bond acceptors (Lipinski definition) is 11. The molecule has 48 heavy (non-hydrogen) atoms. The lowest BCUT2D eigenvalue weighted by Gasteiger charge is -2.26. The van der Waals surface area contributed by atoms with Gasteiger partial charge in [0.1, 0.15) is 17.7 Å². The van der Waals surface area contributed by atoms with Crippen LogP contribution in [-0.2, 0) is 54.0 Å². The summed E-state index contributed by atoms with van der Waals surface area (Å²) in [6.45, 7) is 7.95. The number of benzene rings is 1. The second-order valence-corrected chi connectivity index (χ2v) is 13.5. The van der Waals surface area contributed by atoms with E-state index in [4.69, 9.17) is 28.4 Å². The number of aryl methyl sites for hydroxylation is 1. The Morgan fingerprint density at radius 2 is 1.33 bits per heavy atom. The molecule has 1 aliphatic rings. The van der Waals surface area contributed by atoms with Crippen molar-refractivity contribution in [3.63, 3.8) is 0 Å². The molecule has 0 spiro atoms. The number of Topliss-reactive ketones (excluding diaryl/α,β-unsaturated/α-hetero) is 1. The Balaban J connectivity index is 2.04. The predicted octanol–water partition coefficient (Wildman–Crippen LogP) is 1.55. The predicted molar refractivity (Wildman–Crippen MR) is 183 cm³/mol. The number of ether oxygens (including phenoxy) is 6. The van der Waals surface area contributed by atoms with Crippen molar-refractivity contribution >= 4 is 35.3 Å². The fourth-order valence-electron chi connectivity index (χ4n) is 4.78. The summed E-state index contributed by atoms with van der Waals surface area (Å²) in [5, 5.41) is 7.81. The summed E-state index contributed by atoms with van der Waals surface area (Å²) in [5.41, 5.74) is 0.178. The van der Waals surface area contributed by atoms with Gasteiger partial charge in [-0.2, -0.15) is 0 Å². The highest BCUT2D eigenvalue weighted by Crippen LogP contribution is 2.29. The summed E-state index contributed by atoms with van der Waals surface area (Å²) in [4.78, 5) is 53.5. The van der Waals surface area contributed by atoms with E-state index in [1.165, 1.54) is 26.0 Å². The Hall–Kier alpha value is -2.59. The molecular formula is C34H55N3O10S. The first-order valence-corrected chi connectivity index (χ1v) is 17.5. The minimum absolute atomic E-state index is 0.120. The summed E-state index contributed by atoms with van der Waals surface area (Å²) in [5.74, 6) is -1.05. The lowest BCUT2D eigenvalue weighted by Crippen LogP contribution is -2.59. The van der Waals surface area contributed by atoms with E-state index in [2.05, 4.69) is 16.0 Å². The van der Waals surface area contributed by atoms with Gasteiger partial charge in [0.25, 0.3) is 0 Å². The normalized spacial score (nSPS) is 18.1. The first kappa shape index (κ1) is 41.6. The van der Waals surface area contributed by atoms with Crippen LogP contribution >= 0.6 is 11.8 Å². The number of carbonyl (C=O) groups is 4. The molecule has 13 nitrogen and oxygen atoms in total. The van der Waals surface area contributed by atoms with Crippen LogP contribution in [0.4, 0.5) is 0 Å². The summed E-state index contributed by atoms with van der Waals surface area (Å²) < 4.78 is 31.8. The van der Waals surface area contributed by atoms with Gasteiger partial charge in [0, 0.05) is 27.1 Å². The Bertz CT molecular complexity index is 1110. The van der Waals surface area contributed by atoms with E-state index in [9.17, 15) is 19.2 Å². The molecule has 0 saturated carbocycles. The minimum atomic E-state index is -1.12. The van der Waals surface area contributed by atoms with Gasteiger partial charge in [0.05, 0.1) is 64.1 Å². The molecule has 14 heteroatoms. The van der Waals surface area contributed by atoms with Gasteiger partial charge < -0.3 is 44.4 Å². The zero-order valence-electron chi connectivity index (χ0n) is 29.2. The molecular weight excluding hydrogens is 642 g/mol.